The standard InChI is InChI=1S/C16H26N2O5/c1-5-22-14(20)12(17)10-13(19)11-6-8-18(9-7-11)15(21)23-16(2,3)4/h10-11H,5-9,17H2,1-4H3/b12-10-. The van der Waals surface area contributed by atoms with Crippen LogP contribution >= 0.6 is 0 Å². The molecule has 1 heterocycles. The van der Waals surface area contributed by atoms with Crippen molar-refractivity contribution in [2.24, 2.45) is 11.7 Å². The van der Waals surface area contributed by atoms with Crippen molar-refractivity contribution >= 4 is 17.8 Å². The second kappa shape index (κ2) is 7.99. The second-order valence-electron chi connectivity index (χ2n) is 6.46. The maximum absolute atomic E-state index is 12.1. The summed E-state index contributed by atoms with van der Waals surface area (Å²) in [6.45, 7) is 8.19. The number of piperidine rings is 1. The molecule has 1 fully saturated rings. The van der Waals surface area contributed by atoms with Crippen LogP contribution in [0.15, 0.2) is 11.8 Å². The maximum Gasteiger partial charge on any atom is 0.410 e. The Labute approximate surface area is 136 Å². The van der Waals surface area contributed by atoms with Gasteiger partial charge >= 0.3 is 12.1 Å². The lowest BCUT2D eigenvalue weighted by atomic mass is 9.92. The minimum absolute atomic E-state index is 0.188. The van der Waals surface area contributed by atoms with Crippen molar-refractivity contribution < 1.29 is 23.9 Å². The fourth-order valence-electron chi connectivity index (χ4n) is 2.22. The lowest BCUT2D eigenvalue weighted by molar-refractivity contribution is -0.138. The van der Waals surface area contributed by atoms with E-state index in [1.54, 1.807) is 11.8 Å². The number of amides is 1. The topological polar surface area (TPSA) is 98.9 Å². The molecule has 0 unspecified atom stereocenters. The number of hydrogen-bond donors (Lipinski definition) is 1. The fourth-order valence-corrected chi connectivity index (χ4v) is 2.22. The molecule has 0 saturated carbocycles. The summed E-state index contributed by atoms with van der Waals surface area (Å²) >= 11 is 0. The van der Waals surface area contributed by atoms with Gasteiger partial charge in [-0.25, -0.2) is 9.59 Å². The van der Waals surface area contributed by atoms with Crippen LogP contribution in [0, 0.1) is 5.92 Å². The van der Waals surface area contributed by atoms with Crippen LogP contribution in [0.25, 0.3) is 0 Å². The first-order chi connectivity index (χ1) is 10.6. The molecule has 0 atom stereocenters. The highest BCUT2D eigenvalue weighted by atomic mass is 16.6. The number of likely N-dealkylation sites (tertiary alicyclic amines) is 1. The predicted molar refractivity (Wildman–Crippen MR) is 84.4 cm³/mol. The Balaban J connectivity index is 2.53. The maximum atomic E-state index is 12.1. The van der Waals surface area contributed by atoms with Crippen LogP contribution in [0.2, 0.25) is 0 Å². The highest BCUT2D eigenvalue weighted by Gasteiger charge is 2.29. The quantitative estimate of drug-likeness (QED) is 0.622. The first-order valence-electron chi connectivity index (χ1n) is 7.80. The van der Waals surface area contributed by atoms with E-state index in [0.29, 0.717) is 25.9 Å². The number of nitrogens with zero attached hydrogens (tertiary/aromatic N) is 1. The molecule has 0 aromatic carbocycles. The van der Waals surface area contributed by atoms with Crippen molar-refractivity contribution in [3.8, 4) is 0 Å². The van der Waals surface area contributed by atoms with Gasteiger partial charge in [-0.2, -0.15) is 0 Å². The lowest BCUT2D eigenvalue weighted by Gasteiger charge is -2.32. The summed E-state index contributed by atoms with van der Waals surface area (Å²) in [5.74, 6) is -1.15. The number of ether oxygens (including phenoxy) is 2. The van der Waals surface area contributed by atoms with Crippen LogP contribution in [-0.2, 0) is 19.1 Å². The average Bonchev–Trinajstić information content (AvgIpc) is 2.45. The van der Waals surface area contributed by atoms with E-state index in [-0.39, 0.29) is 30.1 Å². The van der Waals surface area contributed by atoms with Crippen LogP contribution in [0.3, 0.4) is 0 Å². The number of carbonyl (C=O) groups excluding carboxylic acids is 3. The van der Waals surface area contributed by atoms with Gasteiger partial charge in [0.05, 0.1) is 6.61 Å². The van der Waals surface area contributed by atoms with E-state index >= 15 is 0 Å². The summed E-state index contributed by atoms with van der Waals surface area (Å²) in [5, 5.41) is 0. The van der Waals surface area contributed by atoms with Crippen molar-refractivity contribution in [2.75, 3.05) is 19.7 Å². The Bertz CT molecular complexity index is 485. The number of rotatable bonds is 4. The minimum Gasteiger partial charge on any atom is -0.461 e. The molecule has 0 aromatic rings. The van der Waals surface area contributed by atoms with Gasteiger partial charge in [0.1, 0.15) is 11.3 Å². The lowest BCUT2D eigenvalue weighted by Crippen LogP contribution is -2.42. The largest absolute Gasteiger partial charge is 0.461 e. The van der Waals surface area contributed by atoms with E-state index in [1.807, 2.05) is 20.8 Å². The summed E-state index contributed by atoms with van der Waals surface area (Å²) in [7, 11) is 0. The van der Waals surface area contributed by atoms with E-state index in [1.165, 1.54) is 0 Å². The van der Waals surface area contributed by atoms with Crippen molar-refractivity contribution in [1.82, 2.24) is 4.90 Å². The smallest absolute Gasteiger partial charge is 0.410 e. The first kappa shape index (κ1) is 19.0. The summed E-state index contributed by atoms with van der Waals surface area (Å²) in [6, 6.07) is 0. The zero-order chi connectivity index (χ0) is 17.6. The van der Waals surface area contributed by atoms with Gasteiger partial charge in [-0.1, -0.05) is 0 Å². The number of esters is 1. The van der Waals surface area contributed by atoms with Crippen molar-refractivity contribution in [1.29, 1.82) is 0 Å². The van der Waals surface area contributed by atoms with Gasteiger partial charge in [0.25, 0.3) is 0 Å². The molecular formula is C16H26N2O5. The second-order valence-corrected chi connectivity index (χ2v) is 6.46. The Morgan fingerprint density at radius 1 is 1.22 bits per heavy atom. The molecule has 23 heavy (non-hydrogen) atoms. The molecule has 0 bridgehead atoms. The molecule has 0 aliphatic carbocycles. The molecule has 0 spiro atoms. The summed E-state index contributed by atoms with van der Waals surface area (Å²) in [6.07, 6.45) is 1.80. The van der Waals surface area contributed by atoms with Crippen molar-refractivity contribution in [3.63, 3.8) is 0 Å². The molecule has 0 aromatic heterocycles. The highest BCUT2D eigenvalue weighted by Crippen LogP contribution is 2.21. The molecule has 1 aliphatic rings. The Hall–Kier alpha value is -2.05. The minimum atomic E-state index is -0.688. The molecule has 1 rings (SSSR count). The number of ketones is 1. The van der Waals surface area contributed by atoms with Crippen LogP contribution < -0.4 is 5.73 Å². The predicted octanol–water partition coefficient (Wildman–Crippen LogP) is 1.61. The van der Waals surface area contributed by atoms with Crippen LogP contribution in [0.4, 0.5) is 4.79 Å². The van der Waals surface area contributed by atoms with Gasteiger partial charge in [0, 0.05) is 25.1 Å². The van der Waals surface area contributed by atoms with Crippen LogP contribution in [-0.4, -0.2) is 48.0 Å². The van der Waals surface area contributed by atoms with E-state index in [0.717, 1.165) is 6.08 Å². The number of allylic oxidation sites excluding steroid dienone is 1. The summed E-state index contributed by atoms with van der Waals surface area (Å²) < 4.78 is 10.0. The normalized spacial score (nSPS) is 16.9. The molecule has 7 heteroatoms. The molecule has 130 valence electrons. The molecule has 1 aliphatic heterocycles. The first-order valence-corrected chi connectivity index (χ1v) is 7.80. The SMILES string of the molecule is CCOC(=O)/C(N)=C/C(=O)C1CCN(C(=O)OC(C)(C)C)CC1. The third-order valence-electron chi connectivity index (χ3n) is 3.36. The van der Waals surface area contributed by atoms with Gasteiger partial charge in [-0.3, -0.25) is 4.79 Å². The van der Waals surface area contributed by atoms with E-state index in [4.69, 9.17) is 15.2 Å². The van der Waals surface area contributed by atoms with Gasteiger partial charge in [0.2, 0.25) is 0 Å². The highest BCUT2D eigenvalue weighted by molar-refractivity contribution is 5.99. The van der Waals surface area contributed by atoms with Gasteiger partial charge in [-0.15, -0.1) is 0 Å². The van der Waals surface area contributed by atoms with E-state index < -0.39 is 11.6 Å². The third-order valence-corrected chi connectivity index (χ3v) is 3.36. The molecule has 1 amide bonds. The number of nitrogens with two attached hydrogens (primary N) is 1. The monoisotopic (exact) mass is 326 g/mol. The van der Waals surface area contributed by atoms with E-state index in [9.17, 15) is 14.4 Å². The average molecular weight is 326 g/mol. The fraction of sp³-hybridized carbons (Fsp3) is 0.688. The Morgan fingerprint density at radius 2 is 1.78 bits per heavy atom. The zero-order valence-corrected chi connectivity index (χ0v) is 14.3. The number of hydrogen-bond acceptors (Lipinski definition) is 6. The summed E-state index contributed by atoms with van der Waals surface area (Å²) in [4.78, 5) is 37.1. The zero-order valence-electron chi connectivity index (χ0n) is 14.3. The molecular weight excluding hydrogens is 300 g/mol. The molecule has 0 radical (unpaired) electrons. The van der Waals surface area contributed by atoms with Crippen LogP contribution in [0.5, 0.6) is 0 Å². The Morgan fingerprint density at radius 3 is 2.26 bits per heavy atom. The molecule has 1 saturated heterocycles. The van der Waals surface area contributed by atoms with Crippen LogP contribution in [0.1, 0.15) is 40.5 Å². The number of carbonyl (C=O) groups is 3. The van der Waals surface area contributed by atoms with Gasteiger partial charge < -0.3 is 20.1 Å². The molecule has 2 N–H and O–H groups in total. The third kappa shape index (κ3) is 6.30. The van der Waals surface area contributed by atoms with Gasteiger partial charge in [0.15, 0.2) is 5.78 Å². The van der Waals surface area contributed by atoms with E-state index in [2.05, 4.69) is 0 Å². The molecule has 7 nitrogen and oxygen atoms in total. The Kier molecular flexibility index (Phi) is 6.60. The summed E-state index contributed by atoms with van der Waals surface area (Å²) in [5.41, 5.74) is 4.81. The van der Waals surface area contributed by atoms with Crippen molar-refractivity contribution in [2.45, 2.75) is 46.1 Å². The van der Waals surface area contributed by atoms with Gasteiger partial charge in [-0.05, 0) is 40.5 Å². The van der Waals surface area contributed by atoms with Crippen molar-refractivity contribution in [3.05, 3.63) is 11.8 Å².